The van der Waals surface area contributed by atoms with Gasteiger partial charge in [0.05, 0.1) is 5.92 Å². The average Bonchev–Trinajstić information content (AvgIpc) is 2.68. The first kappa shape index (κ1) is 18.7. The second-order valence-electron chi connectivity index (χ2n) is 6.86. The molecule has 1 aliphatic heterocycles. The van der Waals surface area contributed by atoms with Gasteiger partial charge in [0.25, 0.3) is 0 Å². The third kappa shape index (κ3) is 4.75. The molecule has 0 bridgehead atoms. The number of carbonyl (C=O) groups excluding carboxylic acids is 1. The molecule has 1 amide bonds. The minimum absolute atomic E-state index is 0.0311. The van der Waals surface area contributed by atoms with Crippen molar-refractivity contribution < 1.29 is 4.79 Å². The maximum absolute atomic E-state index is 12.6. The number of benzene rings is 2. The number of nitrogens with one attached hydrogen (secondary N) is 1. The van der Waals surface area contributed by atoms with Crippen molar-refractivity contribution in [2.75, 3.05) is 19.6 Å². The molecule has 1 heterocycles. The van der Waals surface area contributed by atoms with Crippen molar-refractivity contribution in [3.8, 4) is 0 Å². The van der Waals surface area contributed by atoms with Crippen LogP contribution in [0.4, 0.5) is 0 Å². The SMILES string of the molecule is C=CCNC(=O)C1CC(c2ccccc2)CN(Cc2ccccc2Cl)C1. The van der Waals surface area contributed by atoms with Gasteiger partial charge in [-0.1, -0.05) is 66.2 Å². The first-order valence-electron chi connectivity index (χ1n) is 9.06. The lowest BCUT2D eigenvalue weighted by molar-refractivity contribution is -0.126. The van der Waals surface area contributed by atoms with Crippen molar-refractivity contribution in [3.63, 3.8) is 0 Å². The molecule has 0 saturated carbocycles. The van der Waals surface area contributed by atoms with Crippen LogP contribution in [-0.2, 0) is 11.3 Å². The van der Waals surface area contributed by atoms with Crippen LogP contribution >= 0.6 is 11.6 Å². The Morgan fingerprint density at radius 3 is 2.62 bits per heavy atom. The molecule has 2 unspecified atom stereocenters. The van der Waals surface area contributed by atoms with E-state index in [1.807, 2.05) is 24.3 Å². The summed E-state index contributed by atoms with van der Waals surface area (Å²) in [5, 5.41) is 3.74. The quantitative estimate of drug-likeness (QED) is 0.773. The Morgan fingerprint density at radius 2 is 1.88 bits per heavy atom. The number of rotatable bonds is 6. The van der Waals surface area contributed by atoms with E-state index in [9.17, 15) is 4.79 Å². The van der Waals surface area contributed by atoms with E-state index < -0.39 is 0 Å². The fraction of sp³-hybridized carbons (Fsp3) is 0.318. The normalized spacial score (nSPS) is 20.5. The van der Waals surface area contributed by atoms with Crippen molar-refractivity contribution in [2.45, 2.75) is 18.9 Å². The van der Waals surface area contributed by atoms with Gasteiger partial charge in [-0.2, -0.15) is 0 Å². The highest BCUT2D eigenvalue weighted by Gasteiger charge is 2.32. The summed E-state index contributed by atoms with van der Waals surface area (Å²) in [5.41, 5.74) is 2.39. The van der Waals surface area contributed by atoms with E-state index in [2.05, 4.69) is 47.1 Å². The summed E-state index contributed by atoms with van der Waals surface area (Å²) in [6, 6.07) is 18.4. The molecule has 2 aromatic rings. The van der Waals surface area contributed by atoms with Gasteiger partial charge in [-0.15, -0.1) is 6.58 Å². The Bertz CT molecular complexity index is 747. The molecule has 3 rings (SSSR count). The van der Waals surface area contributed by atoms with Gasteiger partial charge in [0.1, 0.15) is 0 Å². The number of amides is 1. The first-order chi connectivity index (χ1) is 12.7. The number of hydrogen-bond donors (Lipinski definition) is 1. The molecule has 0 aromatic heterocycles. The molecule has 1 N–H and O–H groups in total. The van der Waals surface area contributed by atoms with E-state index in [-0.39, 0.29) is 11.8 Å². The molecule has 2 atom stereocenters. The van der Waals surface area contributed by atoms with Gasteiger partial charge < -0.3 is 5.32 Å². The highest BCUT2D eigenvalue weighted by molar-refractivity contribution is 6.31. The second kappa shape index (κ2) is 9.02. The Labute approximate surface area is 160 Å². The summed E-state index contributed by atoms with van der Waals surface area (Å²) in [6.07, 6.45) is 2.59. The zero-order chi connectivity index (χ0) is 18.4. The van der Waals surface area contributed by atoms with Gasteiger partial charge in [0.15, 0.2) is 0 Å². The number of carbonyl (C=O) groups is 1. The summed E-state index contributed by atoms with van der Waals surface area (Å²) in [5.74, 6) is 0.415. The topological polar surface area (TPSA) is 32.3 Å². The minimum atomic E-state index is -0.0311. The van der Waals surface area contributed by atoms with Crippen molar-refractivity contribution in [1.82, 2.24) is 10.2 Å². The van der Waals surface area contributed by atoms with Crippen LogP contribution in [0.1, 0.15) is 23.5 Å². The fourth-order valence-corrected chi connectivity index (χ4v) is 3.86. The van der Waals surface area contributed by atoms with Crippen LogP contribution in [-0.4, -0.2) is 30.4 Å². The average molecular weight is 369 g/mol. The van der Waals surface area contributed by atoms with Gasteiger partial charge in [-0.05, 0) is 29.5 Å². The van der Waals surface area contributed by atoms with Crippen LogP contribution in [0.5, 0.6) is 0 Å². The lowest BCUT2D eigenvalue weighted by Gasteiger charge is -2.37. The first-order valence-corrected chi connectivity index (χ1v) is 9.44. The highest BCUT2D eigenvalue weighted by atomic mass is 35.5. The smallest absolute Gasteiger partial charge is 0.224 e. The lowest BCUT2D eigenvalue weighted by Crippen LogP contribution is -2.45. The molecule has 1 aliphatic rings. The third-order valence-electron chi connectivity index (χ3n) is 4.94. The van der Waals surface area contributed by atoms with Gasteiger partial charge in [-0.3, -0.25) is 9.69 Å². The van der Waals surface area contributed by atoms with E-state index in [0.29, 0.717) is 12.5 Å². The largest absolute Gasteiger partial charge is 0.352 e. The summed E-state index contributed by atoms with van der Waals surface area (Å²) in [4.78, 5) is 14.9. The molecular formula is C22H25ClN2O. The van der Waals surface area contributed by atoms with Crippen LogP contribution < -0.4 is 5.32 Å². The minimum Gasteiger partial charge on any atom is -0.352 e. The van der Waals surface area contributed by atoms with Crippen molar-refractivity contribution in [3.05, 3.63) is 83.4 Å². The summed E-state index contributed by atoms with van der Waals surface area (Å²) in [6.45, 7) is 6.63. The standard InChI is InChI=1S/C22H25ClN2O/c1-2-12-24-22(26)20-13-19(17-8-4-3-5-9-17)15-25(16-20)14-18-10-6-7-11-21(18)23/h2-11,19-20H,1,12-16H2,(H,24,26). The zero-order valence-corrected chi connectivity index (χ0v) is 15.7. The predicted octanol–water partition coefficient (Wildman–Crippen LogP) is 4.25. The third-order valence-corrected chi connectivity index (χ3v) is 5.31. The second-order valence-corrected chi connectivity index (χ2v) is 7.27. The summed E-state index contributed by atoms with van der Waals surface area (Å²) in [7, 11) is 0. The fourth-order valence-electron chi connectivity index (χ4n) is 3.66. The maximum Gasteiger partial charge on any atom is 0.224 e. The number of likely N-dealkylation sites (tertiary alicyclic amines) is 1. The highest BCUT2D eigenvalue weighted by Crippen LogP contribution is 2.32. The van der Waals surface area contributed by atoms with Crippen molar-refractivity contribution >= 4 is 17.5 Å². The Hall–Kier alpha value is -2.10. The van der Waals surface area contributed by atoms with E-state index in [1.54, 1.807) is 6.08 Å². The molecule has 4 heteroatoms. The van der Waals surface area contributed by atoms with Crippen LogP contribution in [0.3, 0.4) is 0 Å². The molecular weight excluding hydrogens is 344 g/mol. The van der Waals surface area contributed by atoms with Crippen LogP contribution in [0.15, 0.2) is 67.3 Å². The number of halogens is 1. The number of hydrogen-bond acceptors (Lipinski definition) is 2. The van der Waals surface area contributed by atoms with E-state index in [0.717, 1.165) is 36.6 Å². The predicted molar refractivity (Wildman–Crippen MR) is 107 cm³/mol. The molecule has 0 radical (unpaired) electrons. The van der Waals surface area contributed by atoms with Gasteiger partial charge in [0.2, 0.25) is 5.91 Å². The maximum atomic E-state index is 12.6. The molecule has 0 spiro atoms. The Kier molecular flexibility index (Phi) is 6.48. The molecule has 3 nitrogen and oxygen atoms in total. The van der Waals surface area contributed by atoms with Gasteiger partial charge in [0, 0.05) is 31.2 Å². The van der Waals surface area contributed by atoms with Crippen LogP contribution in [0.25, 0.3) is 0 Å². The monoisotopic (exact) mass is 368 g/mol. The van der Waals surface area contributed by atoms with E-state index in [1.165, 1.54) is 5.56 Å². The number of piperidine rings is 1. The molecule has 1 saturated heterocycles. The van der Waals surface area contributed by atoms with E-state index in [4.69, 9.17) is 11.6 Å². The van der Waals surface area contributed by atoms with Gasteiger partial charge in [-0.25, -0.2) is 0 Å². The lowest BCUT2D eigenvalue weighted by atomic mass is 9.84. The van der Waals surface area contributed by atoms with Crippen molar-refractivity contribution in [2.24, 2.45) is 5.92 Å². The Balaban J connectivity index is 1.78. The summed E-state index contributed by atoms with van der Waals surface area (Å²) < 4.78 is 0. The van der Waals surface area contributed by atoms with Crippen LogP contribution in [0, 0.1) is 5.92 Å². The Morgan fingerprint density at radius 1 is 1.15 bits per heavy atom. The van der Waals surface area contributed by atoms with Crippen molar-refractivity contribution in [1.29, 1.82) is 0 Å². The van der Waals surface area contributed by atoms with E-state index >= 15 is 0 Å². The zero-order valence-electron chi connectivity index (χ0n) is 14.9. The molecule has 136 valence electrons. The summed E-state index contributed by atoms with van der Waals surface area (Å²) >= 11 is 6.35. The van der Waals surface area contributed by atoms with Crippen LogP contribution in [0.2, 0.25) is 5.02 Å². The molecule has 1 fully saturated rings. The number of nitrogens with zero attached hydrogens (tertiary/aromatic N) is 1. The molecule has 2 aromatic carbocycles. The molecule has 26 heavy (non-hydrogen) atoms. The van der Waals surface area contributed by atoms with Gasteiger partial charge >= 0.3 is 0 Å². The molecule has 0 aliphatic carbocycles.